The van der Waals surface area contributed by atoms with Crippen LogP contribution in [0.1, 0.15) is 38.8 Å². The van der Waals surface area contributed by atoms with Crippen molar-refractivity contribution in [2.75, 3.05) is 0 Å². The van der Waals surface area contributed by atoms with Crippen molar-refractivity contribution in [1.82, 2.24) is 4.98 Å². The molecule has 0 spiro atoms. The lowest BCUT2D eigenvalue weighted by molar-refractivity contribution is 0.275. The minimum atomic E-state index is -0.847. The maximum atomic E-state index is 9.52. The number of aromatic nitrogens is 1. The lowest BCUT2D eigenvalue weighted by Gasteiger charge is -2.07. The second-order valence-electron chi connectivity index (χ2n) is 8.61. The van der Waals surface area contributed by atoms with Crippen molar-refractivity contribution in [3.8, 4) is 23.1 Å². The van der Waals surface area contributed by atoms with Crippen LogP contribution in [-0.2, 0) is 22.5 Å². The molecule has 0 saturated carbocycles. The third-order valence-electron chi connectivity index (χ3n) is 6.09. The number of rotatable bonds is 4. The molecule has 1 aromatic heterocycles. The summed E-state index contributed by atoms with van der Waals surface area (Å²) in [5.41, 5.74) is 5.17. The van der Waals surface area contributed by atoms with E-state index in [1.807, 2.05) is 45.9 Å². The van der Waals surface area contributed by atoms with Crippen LogP contribution in [0.15, 0.2) is 79.0 Å². The van der Waals surface area contributed by atoms with Crippen LogP contribution in [0.4, 0.5) is 11.4 Å². The van der Waals surface area contributed by atoms with Crippen molar-refractivity contribution >= 4 is 36.3 Å². The van der Waals surface area contributed by atoms with Crippen LogP contribution >= 0.6 is 0 Å². The van der Waals surface area contributed by atoms with Gasteiger partial charge >= 0.3 is 14.0 Å². The van der Waals surface area contributed by atoms with Gasteiger partial charge in [-0.3, -0.25) is 0 Å². The summed E-state index contributed by atoms with van der Waals surface area (Å²) in [4.78, 5) is 10.7. The van der Waals surface area contributed by atoms with Gasteiger partial charge in [-0.25, -0.2) is 14.7 Å². The average molecular weight is 561 g/mol. The van der Waals surface area contributed by atoms with E-state index in [1.54, 1.807) is 48.5 Å². The first kappa shape index (κ1) is 31.9. The highest BCUT2D eigenvalue weighted by atomic mass is 16.5. The molecule has 42 heavy (non-hydrogen) atoms. The molecule has 0 atom stereocenters. The number of fused-ring (bicyclic) bond motifs is 2. The third-order valence-corrected chi connectivity index (χ3v) is 6.09. The van der Waals surface area contributed by atoms with E-state index in [0.29, 0.717) is 36.2 Å². The number of hydrogen-bond acceptors (Lipinski definition) is 6. The fourth-order valence-corrected chi connectivity index (χ4v) is 4.09. The van der Waals surface area contributed by atoms with Gasteiger partial charge < -0.3 is 23.8 Å². The predicted molar refractivity (Wildman–Crippen MR) is 167 cm³/mol. The molecule has 3 heterocycles. The first-order valence-corrected chi connectivity index (χ1v) is 13.9. The van der Waals surface area contributed by atoms with Gasteiger partial charge in [0.25, 0.3) is 0 Å². The second kappa shape index (κ2) is 16.0. The molecule has 0 amide bonds. The molecular formula is C32H33B2N3O5. The molecular weight excluding hydrogens is 528 g/mol. The summed E-state index contributed by atoms with van der Waals surface area (Å²) in [6.07, 6.45) is 1.46. The van der Waals surface area contributed by atoms with Crippen LogP contribution in [0, 0.1) is 13.1 Å². The highest BCUT2D eigenvalue weighted by Crippen LogP contribution is 2.26. The Morgan fingerprint density at radius 3 is 1.88 bits per heavy atom. The SMILES string of the molecule is CC.CC.[C-]#[N+]c1ccc(Oc2ccc3c(c2)COB3C)cc1.[C-]#[N+]c1ccc(Oc2ccc3c(c2)COB3O)nc1. The quantitative estimate of drug-likeness (QED) is 0.212. The lowest BCUT2D eigenvalue weighted by atomic mass is 9.64. The molecule has 2 aliphatic heterocycles. The van der Waals surface area contributed by atoms with E-state index < -0.39 is 7.12 Å². The zero-order valence-corrected chi connectivity index (χ0v) is 24.5. The summed E-state index contributed by atoms with van der Waals surface area (Å²) >= 11 is 0. The van der Waals surface area contributed by atoms with Crippen molar-refractivity contribution in [2.45, 2.75) is 47.7 Å². The van der Waals surface area contributed by atoms with Gasteiger partial charge in [0.1, 0.15) is 17.2 Å². The molecule has 6 rings (SSSR count). The number of hydrogen-bond donors (Lipinski definition) is 1. The Kier molecular flexibility index (Phi) is 12.2. The molecule has 10 heteroatoms. The molecule has 3 aromatic carbocycles. The Bertz CT molecular complexity index is 1420. The predicted octanol–water partition coefficient (Wildman–Crippen LogP) is 7.08. The van der Waals surface area contributed by atoms with E-state index >= 15 is 0 Å². The zero-order valence-electron chi connectivity index (χ0n) is 24.5. The molecule has 2 aliphatic rings. The van der Waals surface area contributed by atoms with Crippen LogP contribution in [0.25, 0.3) is 9.69 Å². The lowest BCUT2D eigenvalue weighted by Crippen LogP contribution is -2.27. The van der Waals surface area contributed by atoms with Crippen LogP contribution in [-0.4, -0.2) is 24.0 Å². The number of benzene rings is 3. The van der Waals surface area contributed by atoms with Crippen molar-refractivity contribution < 1.29 is 23.8 Å². The average Bonchev–Trinajstić information content (AvgIpc) is 3.61. The zero-order chi connectivity index (χ0) is 30.5. The number of nitrogens with zero attached hydrogens (tertiary/aromatic N) is 3. The van der Waals surface area contributed by atoms with Crippen molar-refractivity contribution in [2.24, 2.45) is 0 Å². The molecule has 8 nitrogen and oxygen atoms in total. The van der Waals surface area contributed by atoms with Crippen LogP contribution in [0.5, 0.6) is 23.1 Å². The number of pyridine rings is 1. The fraction of sp³-hybridized carbons (Fsp3) is 0.219. The monoisotopic (exact) mass is 561 g/mol. The van der Waals surface area contributed by atoms with Crippen LogP contribution in [0.3, 0.4) is 0 Å². The van der Waals surface area contributed by atoms with E-state index in [2.05, 4.69) is 27.6 Å². The van der Waals surface area contributed by atoms with Gasteiger partial charge in [0, 0.05) is 6.20 Å². The van der Waals surface area contributed by atoms with E-state index in [4.69, 9.17) is 31.9 Å². The third kappa shape index (κ3) is 8.22. The van der Waals surface area contributed by atoms with Gasteiger partial charge in [-0.05, 0) is 70.6 Å². The molecule has 212 valence electrons. The van der Waals surface area contributed by atoms with Gasteiger partial charge in [0.2, 0.25) is 11.6 Å². The summed E-state index contributed by atoms with van der Waals surface area (Å²) < 4.78 is 22.0. The molecule has 1 N–H and O–H groups in total. The van der Waals surface area contributed by atoms with Crippen molar-refractivity contribution in [3.05, 3.63) is 113 Å². The molecule has 0 radical (unpaired) electrons. The maximum Gasteiger partial charge on any atom is 0.491 e. The molecule has 0 saturated heterocycles. The maximum absolute atomic E-state index is 9.52. The molecule has 0 aliphatic carbocycles. The second-order valence-corrected chi connectivity index (χ2v) is 8.61. The topological polar surface area (TPSA) is 78.8 Å². The Labute approximate surface area is 248 Å². The van der Waals surface area contributed by atoms with Crippen molar-refractivity contribution in [3.63, 3.8) is 0 Å². The van der Waals surface area contributed by atoms with E-state index in [-0.39, 0.29) is 6.92 Å². The Morgan fingerprint density at radius 1 is 0.714 bits per heavy atom. The summed E-state index contributed by atoms with van der Waals surface area (Å²) in [5.74, 6) is 2.58. The highest BCUT2D eigenvalue weighted by molar-refractivity contribution is 6.67. The first-order chi connectivity index (χ1) is 20.5. The molecule has 0 bridgehead atoms. The first-order valence-electron chi connectivity index (χ1n) is 13.9. The molecule has 4 aromatic rings. The standard InChI is InChI=1S/C15H12BNO2.C13H9BN2O3.2C2H6/c1-16-15-8-7-14(9-11(15)10-18-16)19-13-5-3-12(17-2)4-6-13;1-15-10-2-5-13(16-7-10)19-11-3-4-12-9(6-11)8-18-14(12)17;2*1-2/h3-9H,10H2,1H3;2-7,17H,8H2;2*1-2H3. The summed E-state index contributed by atoms with van der Waals surface area (Å²) in [6, 6.07) is 21.8. The molecule has 0 fully saturated rings. The van der Waals surface area contributed by atoms with E-state index in [9.17, 15) is 5.02 Å². The Balaban J connectivity index is 0.000000206. The summed E-state index contributed by atoms with van der Waals surface area (Å²) in [5, 5.41) is 9.52. The van der Waals surface area contributed by atoms with Gasteiger partial charge in [-0.1, -0.05) is 58.8 Å². The van der Waals surface area contributed by atoms with Gasteiger partial charge in [0.15, 0.2) is 5.69 Å². The van der Waals surface area contributed by atoms with Gasteiger partial charge in [0.05, 0.1) is 26.4 Å². The van der Waals surface area contributed by atoms with Crippen LogP contribution < -0.4 is 20.4 Å². The normalized spacial score (nSPS) is 12.0. The largest absolute Gasteiger partial charge is 0.491 e. The smallest absolute Gasteiger partial charge is 0.457 e. The highest BCUT2D eigenvalue weighted by Gasteiger charge is 2.27. The van der Waals surface area contributed by atoms with E-state index in [0.717, 1.165) is 22.5 Å². The molecule has 0 unspecified atom stereocenters. The van der Waals surface area contributed by atoms with Crippen molar-refractivity contribution in [1.29, 1.82) is 0 Å². The Morgan fingerprint density at radius 2 is 1.26 bits per heavy atom. The fourth-order valence-electron chi connectivity index (χ4n) is 4.09. The summed E-state index contributed by atoms with van der Waals surface area (Å²) in [7, 11) is -0.847. The van der Waals surface area contributed by atoms with Crippen LogP contribution in [0.2, 0.25) is 6.82 Å². The van der Waals surface area contributed by atoms with Gasteiger partial charge in [-0.15, -0.1) is 0 Å². The van der Waals surface area contributed by atoms with E-state index in [1.165, 1.54) is 17.2 Å². The minimum absolute atomic E-state index is 0.169. The number of ether oxygens (including phenoxy) is 2. The Hall–Kier alpha value is -4.60. The minimum Gasteiger partial charge on any atom is -0.457 e. The summed E-state index contributed by atoms with van der Waals surface area (Å²) in [6.45, 7) is 25.0. The van der Waals surface area contributed by atoms with Gasteiger partial charge in [-0.2, -0.15) is 0 Å².